The lowest BCUT2D eigenvalue weighted by Gasteiger charge is -2.37. The standard InChI is InChI=1S/C16H32Cl2N6O/c1-10-8-14(20-7-3-6-19-2)23-15(21-10)24-16(25)22-11-4-5-12(17)13(18)9-11/h10-15,19-21,23H,3-9H2,1-2H3,(H2,22,24,25). The van der Waals surface area contributed by atoms with Crippen LogP contribution in [-0.2, 0) is 0 Å². The summed E-state index contributed by atoms with van der Waals surface area (Å²) < 4.78 is 0. The fraction of sp³-hybridized carbons (Fsp3) is 0.938. The third kappa shape index (κ3) is 7.45. The number of alkyl halides is 2. The van der Waals surface area contributed by atoms with Gasteiger partial charge in [0.15, 0.2) is 0 Å². The van der Waals surface area contributed by atoms with Crippen LogP contribution < -0.4 is 31.9 Å². The molecular weight excluding hydrogens is 363 g/mol. The van der Waals surface area contributed by atoms with Gasteiger partial charge in [0, 0.05) is 12.1 Å². The van der Waals surface area contributed by atoms with Crippen molar-refractivity contribution in [3.63, 3.8) is 0 Å². The van der Waals surface area contributed by atoms with Gasteiger partial charge < -0.3 is 21.3 Å². The molecule has 0 aromatic carbocycles. The van der Waals surface area contributed by atoms with Crippen molar-refractivity contribution in [2.45, 2.75) is 74.3 Å². The van der Waals surface area contributed by atoms with E-state index in [1.807, 2.05) is 7.05 Å². The zero-order chi connectivity index (χ0) is 18.2. The zero-order valence-corrected chi connectivity index (χ0v) is 16.6. The van der Waals surface area contributed by atoms with Gasteiger partial charge in [-0.1, -0.05) is 0 Å². The molecule has 1 saturated heterocycles. The van der Waals surface area contributed by atoms with E-state index in [-0.39, 0.29) is 35.3 Å². The summed E-state index contributed by atoms with van der Waals surface area (Å²) >= 11 is 12.3. The average Bonchev–Trinajstić information content (AvgIpc) is 2.54. The Kier molecular flexibility index (Phi) is 9.02. The zero-order valence-electron chi connectivity index (χ0n) is 15.1. The van der Waals surface area contributed by atoms with Gasteiger partial charge in [-0.3, -0.25) is 10.6 Å². The fourth-order valence-electron chi connectivity index (χ4n) is 3.36. The highest BCUT2D eigenvalue weighted by Crippen LogP contribution is 2.27. The summed E-state index contributed by atoms with van der Waals surface area (Å²) in [7, 11) is 1.95. The number of halogens is 2. The van der Waals surface area contributed by atoms with Gasteiger partial charge >= 0.3 is 6.03 Å². The second kappa shape index (κ2) is 10.7. The molecule has 2 fully saturated rings. The fourth-order valence-corrected chi connectivity index (χ4v) is 3.93. The quantitative estimate of drug-likeness (QED) is 0.284. The Balaban J connectivity index is 1.71. The molecule has 0 radical (unpaired) electrons. The largest absolute Gasteiger partial charge is 0.335 e. The smallest absolute Gasteiger partial charge is 0.317 e. The van der Waals surface area contributed by atoms with Crippen LogP contribution in [0.2, 0.25) is 0 Å². The first-order valence-electron chi connectivity index (χ1n) is 9.23. The molecule has 2 rings (SSSR count). The SMILES string of the molecule is CNCCCNC1CC(C)NC(NC(=O)NC2CCC(Cl)C(Cl)C2)N1. The number of nitrogens with one attached hydrogen (secondary N) is 6. The van der Waals surface area contributed by atoms with Crippen LogP contribution >= 0.6 is 23.2 Å². The highest BCUT2D eigenvalue weighted by atomic mass is 35.5. The highest BCUT2D eigenvalue weighted by molar-refractivity contribution is 6.30. The van der Waals surface area contributed by atoms with E-state index in [4.69, 9.17) is 23.2 Å². The number of amides is 2. The Hall–Kier alpha value is -0.310. The molecule has 9 heteroatoms. The van der Waals surface area contributed by atoms with E-state index in [0.29, 0.717) is 12.5 Å². The molecule has 0 aromatic heterocycles. The second-order valence-corrected chi connectivity index (χ2v) is 8.15. The van der Waals surface area contributed by atoms with Crippen LogP contribution in [0.4, 0.5) is 4.79 Å². The van der Waals surface area contributed by atoms with Gasteiger partial charge in [-0.05, 0) is 59.2 Å². The Morgan fingerprint density at radius 2 is 1.88 bits per heavy atom. The average molecular weight is 395 g/mol. The minimum Gasteiger partial charge on any atom is -0.335 e. The Morgan fingerprint density at radius 3 is 2.60 bits per heavy atom. The Morgan fingerprint density at radius 1 is 1.08 bits per heavy atom. The van der Waals surface area contributed by atoms with Crippen LogP contribution in [0.25, 0.3) is 0 Å². The molecule has 1 saturated carbocycles. The van der Waals surface area contributed by atoms with Crippen LogP contribution in [0.5, 0.6) is 0 Å². The summed E-state index contributed by atoms with van der Waals surface area (Å²) in [6.07, 6.45) is 4.35. The number of hydrogen-bond donors (Lipinski definition) is 6. The first kappa shape index (κ1) is 21.0. The van der Waals surface area contributed by atoms with Gasteiger partial charge in [0.05, 0.1) is 16.9 Å². The summed E-state index contributed by atoms with van der Waals surface area (Å²) in [5, 5.41) is 19.2. The van der Waals surface area contributed by atoms with E-state index in [2.05, 4.69) is 38.8 Å². The van der Waals surface area contributed by atoms with Crippen LogP contribution in [-0.4, -0.2) is 61.5 Å². The van der Waals surface area contributed by atoms with E-state index < -0.39 is 0 Å². The molecule has 1 aliphatic heterocycles. The normalized spacial score (nSPS) is 36.0. The number of urea groups is 1. The van der Waals surface area contributed by atoms with Crippen molar-refractivity contribution in [1.29, 1.82) is 0 Å². The van der Waals surface area contributed by atoms with E-state index >= 15 is 0 Å². The maximum atomic E-state index is 12.3. The van der Waals surface area contributed by atoms with Crippen molar-refractivity contribution in [3.8, 4) is 0 Å². The van der Waals surface area contributed by atoms with Gasteiger partial charge in [-0.2, -0.15) is 0 Å². The minimum absolute atomic E-state index is 0.0000427. The number of rotatable bonds is 7. The van der Waals surface area contributed by atoms with Crippen molar-refractivity contribution in [3.05, 3.63) is 0 Å². The molecule has 6 atom stereocenters. The van der Waals surface area contributed by atoms with Crippen molar-refractivity contribution in [2.24, 2.45) is 0 Å². The molecule has 0 aromatic rings. The molecule has 2 amide bonds. The van der Waals surface area contributed by atoms with E-state index in [1.165, 1.54) is 0 Å². The predicted molar refractivity (Wildman–Crippen MR) is 103 cm³/mol. The number of carbonyl (C=O) groups excluding carboxylic acids is 1. The molecule has 0 spiro atoms. The Bertz CT molecular complexity index is 416. The lowest BCUT2D eigenvalue weighted by Crippen LogP contribution is -2.68. The molecule has 2 aliphatic rings. The molecule has 6 N–H and O–H groups in total. The maximum Gasteiger partial charge on any atom is 0.317 e. The first-order valence-corrected chi connectivity index (χ1v) is 10.1. The van der Waals surface area contributed by atoms with Crippen molar-refractivity contribution >= 4 is 29.2 Å². The predicted octanol–water partition coefficient (Wildman–Crippen LogP) is 0.833. The summed E-state index contributed by atoms with van der Waals surface area (Å²) in [4.78, 5) is 12.3. The monoisotopic (exact) mass is 394 g/mol. The van der Waals surface area contributed by atoms with Gasteiger partial charge in [0.1, 0.15) is 6.29 Å². The molecular formula is C16H32Cl2N6O. The second-order valence-electron chi connectivity index (χ2n) is 7.03. The molecule has 1 heterocycles. The Labute approximate surface area is 160 Å². The lowest BCUT2D eigenvalue weighted by atomic mass is 9.95. The summed E-state index contributed by atoms with van der Waals surface area (Å²) in [5.41, 5.74) is 0. The van der Waals surface area contributed by atoms with Crippen LogP contribution in [0, 0.1) is 0 Å². The van der Waals surface area contributed by atoms with Crippen LogP contribution in [0.15, 0.2) is 0 Å². The van der Waals surface area contributed by atoms with Gasteiger partial charge in [-0.25, -0.2) is 4.79 Å². The molecule has 7 nitrogen and oxygen atoms in total. The first-order chi connectivity index (χ1) is 12.0. The molecule has 25 heavy (non-hydrogen) atoms. The molecule has 6 unspecified atom stereocenters. The minimum atomic E-state index is -0.262. The summed E-state index contributed by atoms with van der Waals surface area (Å²) in [6.45, 7) is 4.04. The summed E-state index contributed by atoms with van der Waals surface area (Å²) in [6, 6.07) is 0.205. The van der Waals surface area contributed by atoms with E-state index in [9.17, 15) is 4.79 Å². The van der Waals surface area contributed by atoms with Crippen LogP contribution in [0.1, 0.15) is 39.0 Å². The van der Waals surface area contributed by atoms with E-state index in [1.54, 1.807) is 0 Å². The number of hydrogen-bond acceptors (Lipinski definition) is 5. The number of carbonyl (C=O) groups is 1. The van der Waals surface area contributed by atoms with E-state index in [0.717, 1.165) is 38.8 Å². The van der Waals surface area contributed by atoms with Crippen molar-refractivity contribution < 1.29 is 4.79 Å². The van der Waals surface area contributed by atoms with Gasteiger partial charge in [0.2, 0.25) is 0 Å². The highest BCUT2D eigenvalue weighted by Gasteiger charge is 2.30. The van der Waals surface area contributed by atoms with Crippen molar-refractivity contribution in [2.75, 3.05) is 20.1 Å². The van der Waals surface area contributed by atoms with Gasteiger partial charge in [0.25, 0.3) is 0 Å². The third-order valence-electron chi connectivity index (χ3n) is 4.71. The van der Waals surface area contributed by atoms with Gasteiger partial charge in [-0.15, -0.1) is 23.2 Å². The maximum absolute atomic E-state index is 12.3. The lowest BCUT2D eigenvalue weighted by molar-refractivity contribution is 0.185. The molecule has 1 aliphatic carbocycles. The molecule has 0 bridgehead atoms. The molecule has 146 valence electrons. The third-order valence-corrected chi connectivity index (χ3v) is 5.84. The van der Waals surface area contributed by atoms with Crippen LogP contribution in [0.3, 0.4) is 0 Å². The summed E-state index contributed by atoms with van der Waals surface area (Å²) in [5.74, 6) is 0. The van der Waals surface area contributed by atoms with Crippen molar-refractivity contribution in [1.82, 2.24) is 31.9 Å². The topological polar surface area (TPSA) is 89.2 Å².